The first-order valence-corrected chi connectivity index (χ1v) is 9.13. The summed E-state index contributed by atoms with van der Waals surface area (Å²) in [5, 5.41) is 3.30. The van der Waals surface area contributed by atoms with E-state index in [-0.39, 0.29) is 18.2 Å². The molecule has 0 fully saturated rings. The van der Waals surface area contributed by atoms with E-state index in [0.717, 1.165) is 16.7 Å². The molecule has 1 unspecified atom stereocenters. The fourth-order valence-corrected chi connectivity index (χ4v) is 3.10. The molecule has 0 saturated carbocycles. The van der Waals surface area contributed by atoms with Crippen LogP contribution in [0.3, 0.4) is 0 Å². The number of halogens is 1. The Bertz CT molecular complexity index is 759. The molecule has 138 valence electrons. The highest BCUT2D eigenvalue weighted by atomic mass is 35.5. The number of nitrogens with zero attached hydrogens (tertiary/aromatic N) is 1. The molecule has 2 aromatic carbocycles. The van der Waals surface area contributed by atoms with Gasteiger partial charge in [0, 0.05) is 18.6 Å². The van der Waals surface area contributed by atoms with Gasteiger partial charge in [-0.05, 0) is 36.6 Å². The Morgan fingerprint density at radius 3 is 2.38 bits per heavy atom. The average molecular weight is 373 g/mol. The van der Waals surface area contributed by atoms with E-state index in [1.54, 1.807) is 24.1 Å². The van der Waals surface area contributed by atoms with Gasteiger partial charge >= 0.3 is 0 Å². The van der Waals surface area contributed by atoms with E-state index in [1.165, 1.54) is 0 Å². The Morgan fingerprint density at radius 2 is 1.81 bits per heavy atom. The largest absolute Gasteiger partial charge is 0.357 e. The van der Waals surface area contributed by atoms with Crippen molar-refractivity contribution in [1.82, 2.24) is 10.2 Å². The summed E-state index contributed by atoms with van der Waals surface area (Å²) in [6.07, 6.45) is 0.786. The predicted octanol–water partition coefficient (Wildman–Crippen LogP) is 3.74. The van der Waals surface area contributed by atoms with Crippen molar-refractivity contribution in [2.45, 2.75) is 39.3 Å². The second kappa shape index (κ2) is 9.39. The number of likely N-dealkylation sites (N-methyl/N-ethyl adjacent to an activating group) is 1. The Hall–Kier alpha value is -2.33. The quantitative estimate of drug-likeness (QED) is 0.804. The first-order chi connectivity index (χ1) is 12.4. The van der Waals surface area contributed by atoms with Crippen LogP contribution >= 0.6 is 11.6 Å². The molecule has 0 aromatic heterocycles. The van der Waals surface area contributed by atoms with Gasteiger partial charge in [-0.25, -0.2) is 0 Å². The van der Waals surface area contributed by atoms with Gasteiger partial charge in [-0.3, -0.25) is 9.59 Å². The molecule has 0 bridgehead atoms. The number of nitrogens with one attached hydrogen (secondary N) is 1. The van der Waals surface area contributed by atoms with Gasteiger partial charge in [-0.2, -0.15) is 0 Å². The minimum absolute atomic E-state index is 0.0794. The van der Waals surface area contributed by atoms with Crippen molar-refractivity contribution < 1.29 is 9.59 Å². The summed E-state index contributed by atoms with van der Waals surface area (Å²) in [4.78, 5) is 27.0. The van der Waals surface area contributed by atoms with Crippen molar-refractivity contribution in [1.29, 1.82) is 0 Å². The first-order valence-electron chi connectivity index (χ1n) is 8.75. The molecule has 0 heterocycles. The smallest absolute Gasteiger partial charge is 0.242 e. The molecule has 2 rings (SSSR count). The van der Waals surface area contributed by atoms with E-state index < -0.39 is 6.04 Å². The van der Waals surface area contributed by atoms with E-state index in [2.05, 4.69) is 5.32 Å². The van der Waals surface area contributed by atoms with Crippen LogP contribution in [0.1, 0.15) is 30.0 Å². The van der Waals surface area contributed by atoms with Crippen LogP contribution in [0.25, 0.3) is 0 Å². The Kier molecular flexibility index (Phi) is 7.22. The minimum Gasteiger partial charge on any atom is -0.357 e. The fraction of sp³-hybridized carbons (Fsp3) is 0.333. The van der Waals surface area contributed by atoms with Crippen molar-refractivity contribution in [3.63, 3.8) is 0 Å². The van der Waals surface area contributed by atoms with Gasteiger partial charge in [-0.15, -0.1) is 0 Å². The topological polar surface area (TPSA) is 49.4 Å². The summed E-state index contributed by atoms with van der Waals surface area (Å²) in [6.45, 7) is 4.33. The van der Waals surface area contributed by atoms with Gasteiger partial charge in [0.15, 0.2) is 0 Å². The Labute approximate surface area is 160 Å². The van der Waals surface area contributed by atoms with E-state index >= 15 is 0 Å². The molecule has 1 N–H and O–H groups in total. The van der Waals surface area contributed by atoms with Crippen molar-refractivity contribution in [2.24, 2.45) is 0 Å². The second-order valence-corrected chi connectivity index (χ2v) is 6.79. The number of benzene rings is 2. The zero-order chi connectivity index (χ0) is 19.1. The monoisotopic (exact) mass is 372 g/mol. The van der Waals surface area contributed by atoms with Gasteiger partial charge < -0.3 is 10.2 Å². The number of carbonyl (C=O) groups is 2. The highest BCUT2D eigenvalue weighted by molar-refractivity contribution is 6.30. The summed E-state index contributed by atoms with van der Waals surface area (Å²) in [7, 11) is 1.60. The van der Waals surface area contributed by atoms with Gasteiger partial charge in [-0.1, -0.05) is 60.5 Å². The minimum atomic E-state index is -0.500. The number of hydrogen-bond acceptors (Lipinski definition) is 2. The molecule has 0 radical (unpaired) electrons. The maximum atomic E-state index is 13.0. The summed E-state index contributed by atoms with van der Waals surface area (Å²) < 4.78 is 0. The maximum Gasteiger partial charge on any atom is 0.242 e. The van der Waals surface area contributed by atoms with E-state index in [1.807, 2.05) is 50.2 Å². The lowest BCUT2D eigenvalue weighted by molar-refractivity contribution is -0.140. The molecule has 0 spiro atoms. The lowest BCUT2D eigenvalue weighted by atomic mass is 10.1. The molecule has 2 amide bonds. The molecular weight excluding hydrogens is 348 g/mol. The molecule has 26 heavy (non-hydrogen) atoms. The van der Waals surface area contributed by atoms with Gasteiger partial charge in [0.05, 0.1) is 6.42 Å². The summed E-state index contributed by atoms with van der Waals surface area (Å²) >= 11 is 5.92. The Balaban J connectivity index is 2.27. The average Bonchev–Trinajstić information content (AvgIpc) is 2.63. The van der Waals surface area contributed by atoms with Crippen LogP contribution in [-0.4, -0.2) is 29.8 Å². The van der Waals surface area contributed by atoms with E-state index in [9.17, 15) is 9.59 Å². The van der Waals surface area contributed by atoms with E-state index in [4.69, 9.17) is 11.6 Å². The fourth-order valence-electron chi connectivity index (χ4n) is 2.97. The van der Waals surface area contributed by atoms with Crippen molar-refractivity contribution in [3.8, 4) is 0 Å². The molecule has 0 aliphatic heterocycles. The molecule has 0 saturated heterocycles. The summed E-state index contributed by atoms with van der Waals surface area (Å²) in [6, 6.07) is 14.7. The molecule has 0 aliphatic rings. The van der Waals surface area contributed by atoms with Crippen molar-refractivity contribution >= 4 is 23.4 Å². The van der Waals surface area contributed by atoms with Crippen LogP contribution in [0, 0.1) is 6.92 Å². The summed E-state index contributed by atoms with van der Waals surface area (Å²) in [5.41, 5.74) is 3.01. The molecular formula is C21H25ClN2O2. The van der Waals surface area contributed by atoms with Crippen LogP contribution in [0.4, 0.5) is 0 Å². The number of carbonyl (C=O) groups excluding carboxylic acids is 2. The lowest BCUT2D eigenvalue weighted by Gasteiger charge is -2.30. The second-order valence-electron chi connectivity index (χ2n) is 6.35. The lowest BCUT2D eigenvalue weighted by Crippen LogP contribution is -2.48. The van der Waals surface area contributed by atoms with Gasteiger partial charge in [0.25, 0.3) is 0 Å². The molecule has 4 nitrogen and oxygen atoms in total. The number of rotatable bonds is 7. The van der Waals surface area contributed by atoms with Gasteiger partial charge in [0.2, 0.25) is 11.8 Å². The summed E-state index contributed by atoms with van der Waals surface area (Å²) in [5.74, 6) is -0.228. The third-order valence-electron chi connectivity index (χ3n) is 4.34. The number of aryl methyl sites for hydroxylation is 1. The normalized spacial score (nSPS) is 11.7. The van der Waals surface area contributed by atoms with Crippen LogP contribution in [0.5, 0.6) is 0 Å². The van der Waals surface area contributed by atoms with Crippen LogP contribution in [-0.2, 0) is 22.6 Å². The third kappa shape index (κ3) is 5.33. The van der Waals surface area contributed by atoms with E-state index in [0.29, 0.717) is 18.0 Å². The molecule has 5 heteroatoms. The van der Waals surface area contributed by atoms with Crippen molar-refractivity contribution in [3.05, 3.63) is 70.2 Å². The zero-order valence-electron chi connectivity index (χ0n) is 15.5. The van der Waals surface area contributed by atoms with Gasteiger partial charge in [0.1, 0.15) is 6.04 Å². The number of hydrogen-bond donors (Lipinski definition) is 1. The van der Waals surface area contributed by atoms with Crippen molar-refractivity contribution in [2.75, 3.05) is 7.05 Å². The molecule has 0 aliphatic carbocycles. The number of amides is 2. The highest BCUT2D eigenvalue weighted by Crippen LogP contribution is 2.16. The third-order valence-corrected chi connectivity index (χ3v) is 4.59. The molecule has 1 atom stereocenters. The first kappa shape index (κ1) is 20.0. The SMILES string of the molecule is CCC(C(=O)NC)N(Cc1cccc(C)c1)C(=O)Cc1ccc(Cl)cc1. The zero-order valence-corrected chi connectivity index (χ0v) is 16.2. The highest BCUT2D eigenvalue weighted by Gasteiger charge is 2.27. The van der Waals surface area contributed by atoms with Crippen LogP contribution in [0.2, 0.25) is 5.02 Å². The predicted molar refractivity (Wildman–Crippen MR) is 105 cm³/mol. The standard InChI is InChI=1S/C21H25ClN2O2/c1-4-19(21(26)23-3)24(14-17-7-5-6-15(2)12-17)20(25)13-16-8-10-18(22)11-9-16/h5-12,19H,4,13-14H2,1-3H3,(H,23,26). The maximum absolute atomic E-state index is 13.0. The van der Waals surface area contributed by atoms with Crippen LogP contribution in [0.15, 0.2) is 48.5 Å². The Morgan fingerprint density at radius 1 is 1.12 bits per heavy atom. The molecule has 2 aromatic rings. The van der Waals surface area contributed by atoms with Crippen LogP contribution < -0.4 is 5.32 Å².